The zero-order chi connectivity index (χ0) is 22.7. The van der Waals surface area contributed by atoms with Crippen molar-refractivity contribution in [2.24, 2.45) is 0 Å². The summed E-state index contributed by atoms with van der Waals surface area (Å²) in [6, 6.07) is 14.6. The Balaban J connectivity index is 1.41. The molecule has 2 aromatic carbocycles. The molecule has 0 atom stereocenters. The van der Waals surface area contributed by atoms with Crippen LogP contribution in [0.2, 0.25) is 0 Å². The maximum atomic E-state index is 12.6. The minimum Gasteiger partial charge on any atom is -0.481 e. The average Bonchev–Trinajstić information content (AvgIpc) is 3.43. The Kier molecular flexibility index (Phi) is 5.74. The molecule has 32 heavy (non-hydrogen) atoms. The summed E-state index contributed by atoms with van der Waals surface area (Å²) < 4.78 is 5.36. The van der Waals surface area contributed by atoms with E-state index in [2.05, 4.69) is 26.0 Å². The third-order valence-electron chi connectivity index (χ3n) is 5.24. The molecule has 0 saturated heterocycles. The molecular formula is C23H23N5O4. The van der Waals surface area contributed by atoms with Crippen molar-refractivity contribution in [2.45, 2.75) is 25.8 Å². The predicted molar refractivity (Wildman–Crippen MR) is 119 cm³/mol. The topological polar surface area (TPSA) is 133 Å². The molecule has 2 aromatic heterocycles. The lowest BCUT2D eigenvalue weighted by Gasteiger charge is -2.27. The second-order valence-corrected chi connectivity index (χ2v) is 7.98. The number of amides is 1. The number of rotatable bonds is 8. The van der Waals surface area contributed by atoms with Crippen LogP contribution in [0.25, 0.3) is 22.2 Å². The number of anilines is 1. The Bertz CT molecular complexity index is 1260. The monoisotopic (exact) mass is 433 g/mol. The van der Waals surface area contributed by atoms with Gasteiger partial charge in [0, 0.05) is 34.8 Å². The molecule has 0 spiro atoms. The summed E-state index contributed by atoms with van der Waals surface area (Å²) in [6.45, 7) is 4.31. The van der Waals surface area contributed by atoms with Crippen LogP contribution in [-0.4, -0.2) is 38.9 Å². The smallest absolute Gasteiger partial charge is 0.304 e. The van der Waals surface area contributed by atoms with Crippen LogP contribution < -0.4 is 10.6 Å². The van der Waals surface area contributed by atoms with Crippen LogP contribution >= 0.6 is 0 Å². The summed E-state index contributed by atoms with van der Waals surface area (Å²) in [4.78, 5) is 23.3. The molecule has 0 bridgehead atoms. The Morgan fingerprint density at radius 1 is 1.12 bits per heavy atom. The second-order valence-electron chi connectivity index (χ2n) is 7.98. The van der Waals surface area contributed by atoms with E-state index in [0.29, 0.717) is 18.0 Å². The number of carboxylic acids is 1. The molecule has 0 aliphatic heterocycles. The SMILES string of the molecule is CC(C)(NCCC(=O)O)c1ccc(NC(=O)c2cc(-c3ccc4[nH]ncc4c3)on2)cc1. The fraction of sp³-hybridized carbons (Fsp3) is 0.217. The van der Waals surface area contributed by atoms with Crippen molar-refractivity contribution >= 4 is 28.5 Å². The average molecular weight is 433 g/mol. The Hall–Kier alpha value is -3.98. The lowest BCUT2D eigenvalue weighted by molar-refractivity contribution is -0.136. The minimum atomic E-state index is -0.843. The third kappa shape index (κ3) is 4.68. The van der Waals surface area contributed by atoms with E-state index in [0.717, 1.165) is 22.0 Å². The quantitative estimate of drug-likeness (QED) is 0.332. The number of aliphatic carboxylic acids is 1. The van der Waals surface area contributed by atoms with Crippen molar-refractivity contribution in [1.82, 2.24) is 20.7 Å². The fourth-order valence-electron chi connectivity index (χ4n) is 3.36. The molecule has 0 aliphatic rings. The number of nitrogens with zero attached hydrogens (tertiary/aromatic N) is 2. The van der Waals surface area contributed by atoms with Crippen LogP contribution in [0.4, 0.5) is 5.69 Å². The zero-order valence-corrected chi connectivity index (χ0v) is 17.7. The van der Waals surface area contributed by atoms with Gasteiger partial charge in [0.15, 0.2) is 11.5 Å². The maximum absolute atomic E-state index is 12.6. The lowest BCUT2D eigenvalue weighted by atomic mass is 9.94. The number of aromatic nitrogens is 3. The van der Waals surface area contributed by atoms with Gasteiger partial charge in [0.25, 0.3) is 5.91 Å². The van der Waals surface area contributed by atoms with Gasteiger partial charge in [-0.1, -0.05) is 17.3 Å². The number of hydrogen-bond donors (Lipinski definition) is 4. The first-order chi connectivity index (χ1) is 15.3. The van der Waals surface area contributed by atoms with Gasteiger partial charge in [0.2, 0.25) is 0 Å². The van der Waals surface area contributed by atoms with Crippen molar-refractivity contribution in [1.29, 1.82) is 0 Å². The summed E-state index contributed by atoms with van der Waals surface area (Å²) >= 11 is 0. The van der Waals surface area contributed by atoms with E-state index in [1.54, 1.807) is 24.4 Å². The van der Waals surface area contributed by atoms with Crippen LogP contribution in [0.15, 0.2) is 59.3 Å². The molecule has 1 amide bonds. The van der Waals surface area contributed by atoms with Gasteiger partial charge in [-0.05, 0) is 49.7 Å². The van der Waals surface area contributed by atoms with Gasteiger partial charge in [-0.15, -0.1) is 0 Å². The van der Waals surface area contributed by atoms with E-state index >= 15 is 0 Å². The summed E-state index contributed by atoms with van der Waals surface area (Å²) in [7, 11) is 0. The number of carboxylic acid groups (broad SMARTS) is 1. The Labute approximate surface area is 183 Å². The number of benzene rings is 2. The number of carbonyl (C=O) groups is 2. The number of H-pyrrole nitrogens is 1. The Morgan fingerprint density at radius 3 is 2.66 bits per heavy atom. The van der Waals surface area contributed by atoms with Gasteiger partial charge in [0.1, 0.15) is 0 Å². The molecule has 9 heteroatoms. The van der Waals surface area contributed by atoms with Gasteiger partial charge in [-0.3, -0.25) is 14.7 Å². The molecular weight excluding hydrogens is 410 g/mol. The van der Waals surface area contributed by atoms with E-state index in [9.17, 15) is 9.59 Å². The number of carbonyl (C=O) groups excluding carboxylic acids is 1. The largest absolute Gasteiger partial charge is 0.481 e. The van der Waals surface area contributed by atoms with E-state index in [1.165, 1.54) is 0 Å². The highest BCUT2D eigenvalue weighted by Crippen LogP contribution is 2.25. The first kappa shape index (κ1) is 21.3. The van der Waals surface area contributed by atoms with Gasteiger partial charge in [0.05, 0.1) is 18.1 Å². The van der Waals surface area contributed by atoms with Crippen molar-refractivity contribution in [3.8, 4) is 11.3 Å². The van der Waals surface area contributed by atoms with Crippen molar-refractivity contribution in [3.63, 3.8) is 0 Å². The molecule has 0 radical (unpaired) electrons. The summed E-state index contributed by atoms with van der Waals surface area (Å²) in [5, 5.41) is 26.5. The van der Waals surface area contributed by atoms with Crippen molar-refractivity contribution in [3.05, 3.63) is 66.0 Å². The van der Waals surface area contributed by atoms with E-state index in [4.69, 9.17) is 9.63 Å². The van der Waals surface area contributed by atoms with Crippen LogP contribution in [0.3, 0.4) is 0 Å². The third-order valence-corrected chi connectivity index (χ3v) is 5.24. The highest BCUT2D eigenvalue weighted by atomic mass is 16.5. The summed E-state index contributed by atoms with van der Waals surface area (Å²) in [5.41, 5.74) is 3.06. The molecule has 4 aromatic rings. The number of nitrogens with one attached hydrogen (secondary N) is 3. The van der Waals surface area contributed by atoms with E-state index < -0.39 is 11.5 Å². The van der Waals surface area contributed by atoms with Crippen LogP contribution in [0.5, 0.6) is 0 Å². The molecule has 0 saturated carbocycles. The predicted octanol–water partition coefficient (Wildman–Crippen LogP) is 3.77. The van der Waals surface area contributed by atoms with Crippen LogP contribution in [-0.2, 0) is 10.3 Å². The van der Waals surface area contributed by atoms with Crippen LogP contribution in [0.1, 0.15) is 36.3 Å². The fourth-order valence-corrected chi connectivity index (χ4v) is 3.36. The number of hydrogen-bond acceptors (Lipinski definition) is 6. The summed E-state index contributed by atoms with van der Waals surface area (Å²) in [6.07, 6.45) is 1.77. The van der Waals surface area contributed by atoms with Crippen molar-refractivity contribution < 1.29 is 19.2 Å². The molecule has 0 fully saturated rings. The second kappa shape index (κ2) is 8.64. The molecule has 0 aliphatic carbocycles. The summed E-state index contributed by atoms with van der Waals surface area (Å²) in [5.74, 6) is -0.733. The molecule has 9 nitrogen and oxygen atoms in total. The standard InChI is InChI=1S/C23H23N5O4/c1-23(2,24-10-9-21(29)30)16-4-6-17(7-5-16)26-22(31)19-12-20(32-28-19)14-3-8-18-15(11-14)13-25-27-18/h3-8,11-13,24H,9-10H2,1-2H3,(H,25,27)(H,26,31)(H,29,30). The first-order valence-corrected chi connectivity index (χ1v) is 10.1. The minimum absolute atomic E-state index is 0.0488. The van der Waals surface area contributed by atoms with Crippen LogP contribution in [0, 0.1) is 0 Å². The molecule has 4 N–H and O–H groups in total. The first-order valence-electron chi connectivity index (χ1n) is 10.1. The van der Waals surface area contributed by atoms with E-state index in [1.807, 2.05) is 44.2 Å². The molecule has 2 heterocycles. The van der Waals surface area contributed by atoms with Gasteiger partial charge in [-0.2, -0.15) is 5.10 Å². The molecule has 0 unspecified atom stereocenters. The highest BCUT2D eigenvalue weighted by Gasteiger charge is 2.20. The normalized spacial score (nSPS) is 11.6. The highest BCUT2D eigenvalue weighted by molar-refractivity contribution is 6.03. The number of fused-ring (bicyclic) bond motifs is 1. The van der Waals surface area contributed by atoms with Gasteiger partial charge >= 0.3 is 5.97 Å². The molecule has 4 rings (SSSR count). The zero-order valence-electron chi connectivity index (χ0n) is 17.7. The van der Waals surface area contributed by atoms with E-state index in [-0.39, 0.29) is 18.0 Å². The van der Waals surface area contributed by atoms with Gasteiger partial charge in [-0.25, -0.2) is 0 Å². The maximum Gasteiger partial charge on any atom is 0.304 e. The van der Waals surface area contributed by atoms with Gasteiger partial charge < -0.3 is 20.3 Å². The molecule has 164 valence electrons. The Morgan fingerprint density at radius 2 is 1.91 bits per heavy atom. The lowest BCUT2D eigenvalue weighted by Crippen LogP contribution is -2.37. The van der Waals surface area contributed by atoms with Crippen molar-refractivity contribution in [2.75, 3.05) is 11.9 Å². The number of aromatic amines is 1.